The van der Waals surface area contributed by atoms with Crippen molar-refractivity contribution in [3.63, 3.8) is 0 Å². The van der Waals surface area contributed by atoms with Gasteiger partial charge in [-0.25, -0.2) is 9.48 Å². The van der Waals surface area contributed by atoms with Gasteiger partial charge in [-0.3, -0.25) is 4.57 Å². The maximum Gasteiger partial charge on any atom is 0.345 e. The zero-order valence-corrected chi connectivity index (χ0v) is 10.1. The Labute approximate surface area is 95.7 Å². The summed E-state index contributed by atoms with van der Waals surface area (Å²) < 4.78 is 3.08. The molecule has 0 amide bonds. The lowest BCUT2D eigenvalue weighted by atomic mass is 10.0. The van der Waals surface area contributed by atoms with Crippen LogP contribution in [0.3, 0.4) is 0 Å². The molecule has 1 aliphatic rings. The Kier molecular flexibility index (Phi) is 3.43. The molecule has 1 aromatic rings. The van der Waals surface area contributed by atoms with Crippen LogP contribution in [0.2, 0.25) is 0 Å². The second-order valence-electron chi connectivity index (χ2n) is 4.67. The van der Waals surface area contributed by atoms with Crippen molar-refractivity contribution in [2.75, 3.05) is 13.6 Å². The summed E-state index contributed by atoms with van der Waals surface area (Å²) >= 11 is 0. The molecule has 0 N–H and O–H groups in total. The number of aryl methyl sites for hydroxylation is 2. The number of likely N-dealkylation sites (tertiary alicyclic amines) is 1. The highest BCUT2D eigenvalue weighted by atomic mass is 16.2. The van der Waals surface area contributed by atoms with E-state index in [0.717, 1.165) is 13.0 Å². The van der Waals surface area contributed by atoms with Crippen molar-refractivity contribution < 1.29 is 0 Å². The highest BCUT2D eigenvalue weighted by Gasteiger charge is 2.18. The number of rotatable bonds is 3. The van der Waals surface area contributed by atoms with Gasteiger partial charge < -0.3 is 4.90 Å². The third-order valence-corrected chi connectivity index (χ3v) is 3.48. The smallest absolute Gasteiger partial charge is 0.303 e. The Morgan fingerprint density at radius 2 is 2.25 bits per heavy atom. The molecule has 2 heterocycles. The highest BCUT2D eigenvalue weighted by molar-refractivity contribution is 4.75. The van der Waals surface area contributed by atoms with Crippen LogP contribution in [0.25, 0.3) is 0 Å². The van der Waals surface area contributed by atoms with Gasteiger partial charge in [0.15, 0.2) is 0 Å². The van der Waals surface area contributed by atoms with Crippen molar-refractivity contribution in [3.8, 4) is 0 Å². The minimum Gasteiger partial charge on any atom is -0.303 e. The monoisotopic (exact) mass is 224 g/mol. The molecule has 0 saturated carbocycles. The summed E-state index contributed by atoms with van der Waals surface area (Å²) in [6, 6.07) is 0.614. The molecule has 16 heavy (non-hydrogen) atoms. The van der Waals surface area contributed by atoms with Gasteiger partial charge >= 0.3 is 5.69 Å². The van der Waals surface area contributed by atoms with Gasteiger partial charge in [0.1, 0.15) is 6.33 Å². The van der Waals surface area contributed by atoms with E-state index in [0.29, 0.717) is 6.04 Å². The Hall–Kier alpha value is -1.10. The second-order valence-corrected chi connectivity index (χ2v) is 4.67. The fourth-order valence-corrected chi connectivity index (χ4v) is 2.35. The van der Waals surface area contributed by atoms with Gasteiger partial charge in [-0.2, -0.15) is 5.10 Å². The van der Waals surface area contributed by atoms with Crippen molar-refractivity contribution >= 4 is 0 Å². The molecule has 90 valence electrons. The maximum absolute atomic E-state index is 11.6. The summed E-state index contributed by atoms with van der Waals surface area (Å²) in [7, 11) is 3.91. The van der Waals surface area contributed by atoms with E-state index in [4.69, 9.17) is 0 Å². The number of piperidine rings is 1. The Morgan fingerprint density at radius 1 is 1.44 bits per heavy atom. The maximum atomic E-state index is 11.6. The molecular weight excluding hydrogens is 204 g/mol. The molecule has 0 radical (unpaired) electrons. The first-order chi connectivity index (χ1) is 7.68. The van der Waals surface area contributed by atoms with Crippen LogP contribution in [-0.4, -0.2) is 38.9 Å². The van der Waals surface area contributed by atoms with E-state index in [1.807, 2.05) is 0 Å². The molecule has 0 aromatic carbocycles. The van der Waals surface area contributed by atoms with Gasteiger partial charge in [0.05, 0.1) is 0 Å². The molecule has 1 fully saturated rings. The lowest BCUT2D eigenvalue weighted by Gasteiger charge is -2.32. The van der Waals surface area contributed by atoms with E-state index in [1.54, 1.807) is 18.1 Å². The predicted molar refractivity (Wildman–Crippen MR) is 62.4 cm³/mol. The average Bonchev–Trinajstić information content (AvgIpc) is 2.59. The lowest BCUT2D eigenvalue weighted by molar-refractivity contribution is 0.169. The number of aromatic nitrogens is 3. The van der Waals surface area contributed by atoms with Gasteiger partial charge in [-0.1, -0.05) is 6.42 Å². The first-order valence-corrected chi connectivity index (χ1v) is 5.97. The Morgan fingerprint density at radius 3 is 2.88 bits per heavy atom. The normalized spacial score (nSPS) is 22.5. The minimum atomic E-state index is -0.0153. The molecule has 0 bridgehead atoms. The summed E-state index contributed by atoms with van der Waals surface area (Å²) in [5.74, 6) is 0. The zero-order chi connectivity index (χ0) is 11.5. The SMILES string of the molecule is CN1CCCCC1CCn1ncn(C)c1=O. The third-order valence-electron chi connectivity index (χ3n) is 3.48. The molecule has 2 rings (SSSR count). The standard InChI is InChI=1S/C11H20N4O/c1-13-7-4-3-5-10(13)6-8-15-11(16)14(2)9-12-15/h9-10H,3-8H2,1-2H3. The predicted octanol–water partition coefficient (Wildman–Crippen LogP) is 0.456. The van der Waals surface area contributed by atoms with Gasteiger partial charge in [-0.15, -0.1) is 0 Å². The molecule has 1 unspecified atom stereocenters. The average molecular weight is 224 g/mol. The van der Waals surface area contributed by atoms with Gasteiger partial charge in [0, 0.05) is 19.6 Å². The van der Waals surface area contributed by atoms with Gasteiger partial charge in [-0.05, 0) is 32.9 Å². The molecule has 1 aromatic heterocycles. The van der Waals surface area contributed by atoms with E-state index in [-0.39, 0.29) is 5.69 Å². The lowest BCUT2D eigenvalue weighted by Crippen LogP contribution is -2.37. The van der Waals surface area contributed by atoms with E-state index in [1.165, 1.54) is 30.4 Å². The molecular formula is C11H20N4O. The van der Waals surface area contributed by atoms with Gasteiger partial charge in [0.25, 0.3) is 0 Å². The molecule has 1 atom stereocenters. The number of hydrogen-bond donors (Lipinski definition) is 0. The summed E-state index contributed by atoms with van der Waals surface area (Å²) in [6.45, 7) is 1.91. The largest absolute Gasteiger partial charge is 0.345 e. The van der Waals surface area contributed by atoms with Crippen molar-refractivity contribution in [2.24, 2.45) is 7.05 Å². The fourth-order valence-electron chi connectivity index (χ4n) is 2.35. The first kappa shape index (κ1) is 11.4. The van der Waals surface area contributed by atoms with Crippen LogP contribution >= 0.6 is 0 Å². The molecule has 0 spiro atoms. The topological polar surface area (TPSA) is 43.1 Å². The van der Waals surface area contributed by atoms with Crippen LogP contribution in [0.15, 0.2) is 11.1 Å². The minimum absolute atomic E-state index is 0.0153. The summed E-state index contributed by atoms with van der Waals surface area (Å²) in [5.41, 5.74) is -0.0153. The molecule has 0 aliphatic carbocycles. The van der Waals surface area contributed by atoms with Crippen LogP contribution < -0.4 is 5.69 Å². The van der Waals surface area contributed by atoms with Crippen LogP contribution in [0, 0.1) is 0 Å². The van der Waals surface area contributed by atoms with Crippen molar-refractivity contribution in [1.29, 1.82) is 0 Å². The van der Waals surface area contributed by atoms with Gasteiger partial charge in [0.2, 0.25) is 0 Å². The summed E-state index contributed by atoms with van der Waals surface area (Å²) in [4.78, 5) is 14.0. The molecule has 1 saturated heterocycles. The highest BCUT2D eigenvalue weighted by Crippen LogP contribution is 2.17. The summed E-state index contributed by atoms with van der Waals surface area (Å²) in [5, 5.41) is 4.07. The van der Waals surface area contributed by atoms with Crippen LogP contribution in [0.5, 0.6) is 0 Å². The Balaban J connectivity index is 1.91. The van der Waals surface area contributed by atoms with Crippen molar-refractivity contribution in [2.45, 2.75) is 38.3 Å². The van der Waals surface area contributed by atoms with E-state index in [9.17, 15) is 4.79 Å². The third kappa shape index (κ3) is 2.35. The number of hydrogen-bond acceptors (Lipinski definition) is 3. The van der Waals surface area contributed by atoms with Crippen LogP contribution in [-0.2, 0) is 13.6 Å². The molecule has 5 heteroatoms. The van der Waals surface area contributed by atoms with Crippen molar-refractivity contribution in [1.82, 2.24) is 19.2 Å². The number of nitrogens with zero attached hydrogens (tertiary/aromatic N) is 4. The van der Waals surface area contributed by atoms with Crippen LogP contribution in [0.4, 0.5) is 0 Å². The molecule has 1 aliphatic heterocycles. The van der Waals surface area contributed by atoms with Crippen molar-refractivity contribution in [3.05, 3.63) is 16.8 Å². The fraction of sp³-hybridized carbons (Fsp3) is 0.818. The second kappa shape index (κ2) is 4.82. The van der Waals surface area contributed by atoms with E-state index >= 15 is 0 Å². The summed E-state index contributed by atoms with van der Waals surface area (Å²) in [6.07, 6.45) is 6.46. The van der Waals surface area contributed by atoms with E-state index < -0.39 is 0 Å². The van der Waals surface area contributed by atoms with Crippen LogP contribution in [0.1, 0.15) is 25.7 Å². The van der Waals surface area contributed by atoms with E-state index in [2.05, 4.69) is 17.0 Å². The Bertz CT molecular complexity index is 395. The molecule has 5 nitrogen and oxygen atoms in total. The quantitative estimate of drug-likeness (QED) is 0.749. The first-order valence-electron chi connectivity index (χ1n) is 5.97. The zero-order valence-electron chi connectivity index (χ0n) is 10.1.